The summed E-state index contributed by atoms with van der Waals surface area (Å²) in [5.74, 6) is 0.725. The van der Waals surface area contributed by atoms with Crippen molar-refractivity contribution in [1.82, 2.24) is 5.32 Å². The fourth-order valence-corrected chi connectivity index (χ4v) is 1.95. The second-order valence-corrected chi connectivity index (χ2v) is 4.50. The van der Waals surface area contributed by atoms with Crippen LogP contribution in [0, 0.1) is 11.7 Å². The Kier molecular flexibility index (Phi) is 3.91. The molecule has 1 unspecified atom stereocenters. The van der Waals surface area contributed by atoms with E-state index in [1.165, 1.54) is 25.3 Å². The smallest absolute Gasteiger partial charge is 0.128 e. The highest BCUT2D eigenvalue weighted by molar-refractivity contribution is 5.21. The van der Waals surface area contributed by atoms with E-state index >= 15 is 0 Å². The van der Waals surface area contributed by atoms with Crippen molar-refractivity contribution in [1.29, 1.82) is 0 Å². The Labute approximate surface area is 96.0 Å². The van der Waals surface area contributed by atoms with Gasteiger partial charge in [0.05, 0.1) is 0 Å². The fraction of sp³-hybridized carbons (Fsp3) is 0.538. The second-order valence-electron chi connectivity index (χ2n) is 4.50. The molecule has 2 nitrogen and oxygen atoms in total. The zero-order valence-corrected chi connectivity index (χ0v) is 9.45. The maximum atomic E-state index is 13.5. The molecule has 88 valence electrons. The zero-order valence-electron chi connectivity index (χ0n) is 9.45. The third-order valence-corrected chi connectivity index (χ3v) is 3.16. The SMILES string of the molecule is NCC(NCCC1CC1)c1ccccc1F. The van der Waals surface area contributed by atoms with Gasteiger partial charge in [-0.1, -0.05) is 31.0 Å². The summed E-state index contributed by atoms with van der Waals surface area (Å²) in [6.45, 7) is 1.37. The lowest BCUT2D eigenvalue weighted by atomic mass is 10.1. The average molecular weight is 222 g/mol. The minimum Gasteiger partial charge on any atom is -0.329 e. The molecule has 1 atom stereocenters. The van der Waals surface area contributed by atoms with Gasteiger partial charge in [0.25, 0.3) is 0 Å². The number of nitrogens with one attached hydrogen (secondary N) is 1. The van der Waals surface area contributed by atoms with Crippen molar-refractivity contribution in [2.45, 2.75) is 25.3 Å². The molecule has 1 saturated carbocycles. The first kappa shape index (κ1) is 11.6. The second kappa shape index (κ2) is 5.41. The van der Waals surface area contributed by atoms with Crippen LogP contribution in [-0.2, 0) is 0 Å². The number of hydrogen-bond donors (Lipinski definition) is 2. The van der Waals surface area contributed by atoms with E-state index in [9.17, 15) is 4.39 Å². The van der Waals surface area contributed by atoms with Gasteiger partial charge < -0.3 is 11.1 Å². The average Bonchev–Trinajstić information content (AvgIpc) is 3.10. The summed E-state index contributed by atoms with van der Waals surface area (Å²) in [4.78, 5) is 0. The number of hydrogen-bond acceptors (Lipinski definition) is 2. The van der Waals surface area contributed by atoms with Crippen LogP contribution >= 0.6 is 0 Å². The van der Waals surface area contributed by atoms with Crippen molar-refractivity contribution in [3.63, 3.8) is 0 Å². The number of halogens is 1. The van der Waals surface area contributed by atoms with Crippen LogP contribution in [0.15, 0.2) is 24.3 Å². The number of rotatable bonds is 6. The largest absolute Gasteiger partial charge is 0.329 e. The number of benzene rings is 1. The van der Waals surface area contributed by atoms with Gasteiger partial charge in [-0.2, -0.15) is 0 Å². The van der Waals surface area contributed by atoms with Crippen molar-refractivity contribution in [3.8, 4) is 0 Å². The molecule has 1 aromatic carbocycles. The first-order valence-electron chi connectivity index (χ1n) is 5.99. The van der Waals surface area contributed by atoms with Crippen LogP contribution in [0.1, 0.15) is 30.9 Å². The molecular weight excluding hydrogens is 203 g/mol. The standard InChI is InChI=1S/C13H19FN2/c14-12-4-2-1-3-11(12)13(9-15)16-8-7-10-5-6-10/h1-4,10,13,16H,5-9,15H2. The Bertz CT molecular complexity index is 336. The Morgan fingerprint density at radius 3 is 2.75 bits per heavy atom. The maximum absolute atomic E-state index is 13.5. The van der Waals surface area contributed by atoms with Crippen molar-refractivity contribution in [3.05, 3.63) is 35.6 Å². The molecule has 0 aromatic heterocycles. The highest BCUT2D eigenvalue weighted by atomic mass is 19.1. The molecule has 0 spiro atoms. The summed E-state index contributed by atoms with van der Waals surface area (Å²) in [5, 5.41) is 3.33. The Hall–Kier alpha value is -0.930. The van der Waals surface area contributed by atoms with Gasteiger partial charge in [-0.3, -0.25) is 0 Å². The fourth-order valence-electron chi connectivity index (χ4n) is 1.95. The topological polar surface area (TPSA) is 38.0 Å². The van der Waals surface area contributed by atoms with Crippen molar-refractivity contribution >= 4 is 0 Å². The van der Waals surface area contributed by atoms with E-state index in [1.807, 2.05) is 6.07 Å². The van der Waals surface area contributed by atoms with E-state index in [0.717, 1.165) is 12.5 Å². The molecule has 0 bridgehead atoms. The quantitative estimate of drug-likeness (QED) is 0.774. The van der Waals surface area contributed by atoms with Gasteiger partial charge in [-0.05, 0) is 24.9 Å². The van der Waals surface area contributed by atoms with E-state index in [-0.39, 0.29) is 11.9 Å². The van der Waals surface area contributed by atoms with E-state index in [0.29, 0.717) is 12.1 Å². The minimum absolute atomic E-state index is 0.0556. The zero-order chi connectivity index (χ0) is 11.4. The molecule has 16 heavy (non-hydrogen) atoms. The van der Waals surface area contributed by atoms with E-state index in [2.05, 4.69) is 5.32 Å². The predicted molar refractivity (Wildman–Crippen MR) is 63.5 cm³/mol. The van der Waals surface area contributed by atoms with Crippen LogP contribution in [0.5, 0.6) is 0 Å². The molecule has 0 radical (unpaired) electrons. The lowest BCUT2D eigenvalue weighted by Gasteiger charge is -2.17. The van der Waals surface area contributed by atoms with Crippen LogP contribution in [0.4, 0.5) is 4.39 Å². The first-order chi connectivity index (χ1) is 7.81. The van der Waals surface area contributed by atoms with Crippen LogP contribution < -0.4 is 11.1 Å². The van der Waals surface area contributed by atoms with Gasteiger partial charge in [-0.25, -0.2) is 4.39 Å². The van der Waals surface area contributed by atoms with Crippen LogP contribution in [-0.4, -0.2) is 13.1 Å². The molecule has 1 fully saturated rings. The summed E-state index contributed by atoms with van der Waals surface area (Å²) < 4.78 is 13.5. The van der Waals surface area contributed by atoms with E-state index in [4.69, 9.17) is 5.73 Å². The molecule has 2 rings (SSSR count). The Morgan fingerprint density at radius 1 is 1.38 bits per heavy atom. The Morgan fingerprint density at radius 2 is 2.12 bits per heavy atom. The molecular formula is C13H19FN2. The minimum atomic E-state index is -0.170. The highest BCUT2D eigenvalue weighted by Crippen LogP contribution is 2.32. The molecule has 0 aliphatic heterocycles. The normalized spacial score (nSPS) is 17.4. The predicted octanol–water partition coefficient (Wildman–Crippen LogP) is 2.22. The van der Waals surface area contributed by atoms with E-state index in [1.54, 1.807) is 12.1 Å². The lowest BCUT2D eigenvalue weighted by Crippen LogP contribution is -2.29. The summed E-state index contributed by atoms with van der Waals surface area (Å²) in [5.41, 5.74) is 6.36. The van der Waals surface area contributed by atoms with Gasteiger partial charge in [0, 0.05) is 18.2 Å². The van der Waals surface area contributed by atoms with Gasteiger partial charge in [0.15, 0.2) is 0 Å². The van der Waals surface area contributed by atoms with Crippen molar-refractivity contribution in [2.75, 3.05) is 13.1 Å². The van der Waals surface area contributed by atoms with Gasteiger partial charge in [-0.15, -0.1) is 0 Å². The molecule has 0 amide bonds. The maximum Gasteiger partial charge on any atom is 0.128 e. The molecule has 0 saturated heterocycles. The molecule has 1 aliphatic rings. The van der Waals surface area contributed by atoms with Gasteiger partial charge in [0.2, 0.25) is 0 Å². The first-order valence-corrected chi connectivity index (χ1v) is 5.99. The molecule has 3 heteroatoms. The highest BCUT2D eigenvalue weighted by Gasteiger charge is 2.21. The molecule has 3 N–H and O–H groups in total. The molecule has 0 heterocycles. The number of nitrogens with two attached hydrogens (primary N) is 1. The van der Waals surface area contributed by atoms with Crippen molar-refractivity contribution < 1.29 is 4.39 Å². The van der Waals surface area contributed by atoms with Gasteiger partial charge in [0.1, 0.15) is 5.82 Å². The summed E-state index contributed by atoms with van der Waals surface area (Å²) in [7, 11) is 0. The van der Waals surface area contributed by atoms with Gasteiger partial charge >= 0.3 is 0 Å². The van der Waals surface area contributed by atoms with Crippen LogP contribution in [0.25, 0.3) is 0 Å². The summed E-state index contributed by atoms with van der Waals surface area (Å²) in [6, 6.07) is 6.79. The van der Waals surface area contributed by atoms with Crippen LogP contribution in [0.3, 0.4) is 0 Å². The van der Waals surface area contributed by atoms with Crippen LogP contribution in [0.2, 0.25) is 0 Å². The molecule has 1 aromatic rings. The third kappa shape index (κ3) is 3.03. The lowest BCUT2D eigenvalue weighted by molar-refractivity contribution is 0.491. The Balaban J connectivity index is 1.90. The van der Waals surface area contributed by atoms with E-state index < -0.39 is 0 Å². The molecule has 1 aliphatic carbocycles. The summed E-state index contributed by atoms with van der Waals surface area (Å²) >= 11 is 0. The third-order valence-electron chi connectivity index (χ3n) is 3.16. The summed E-state index contributed by atoms with van der Waals surface area (Å²) in [6.07, 6.45) is 3.90. The van der Waals surface area contributed by atoms with Crippen molar-refractivity contribution in [2.24, 2.45) is 11.7 Å². The monoisotopic (exact) mass is 222 g/mol.